The van der Waals surface area contributed by atoms with Crippen molar-refractivity contribution in [1.82, 2.24) is 5.32 Å². The van der Waals surface area contributed by atoms with Crippen LogP contribution in [0.5, 0.6) is 0 Å². The van der Waals surface area contributed by atoms with Crippen molar-refractivity contribution in [2.24, 2.45) is 5.41 Å². The van der Waals surface area contributed by atoms with Crippen LogP contribution in [-0.4, -0.2) is 32.5 Å². The minimum absolute atomic E-state index is 0.113. The Hall–Kier alpha value is -0.0900. The molecule has 1 N–H and O–H groups in total. The lowest BCUT2D eigenvalue weighted by atomic mass is 9.75. The molecule has 2 fully saturated rings. The summed E-state index contributed by atoms with van der Waals surface area (Å²) in [5, 5.41) is 3.56. The van der Waals surface area contributed by atoms with Gasteiger partial charge in [0.05, 0.1) is 5.25 Å². The first kappa shape index (κ1) is 15.3. The Labute approximate surface area is 118 Å². The molecule has 0 amide bonds. The van der Waals surface area contributed by atoms with Crippen LogP contribution in [0.25, 0.3) is 0 Å². The Morgan fingerprint density at radius 1 is 1.11 bits per heavy atom. The van der Waals surface area contributed by atoms with E-state index in [-0.39, 0.29) is 5.25 Å². The largest absolute Gasteiger partial charge is 0.313 e. The topological polar surface area (TPSA) is 46.2 Å². The zero-order valence-electron chi connectivity index (χ0n) is 12.5. The molecule has 2 aliphatic carbocycles. The molecule has 2 rings (SSSR count). The summed E-state index contributed by atoms with van der Waals surface area (Å²) in [6, 6.07) is 0.409. The molecule has 0 aromatic rings. The summed E-state index contributed by atoms with van der Waals surface area (Å²) >= 11 is 0. The van der Waals surface area contributed by atoms with Crippen molar-refractivity contribution < 1.29 is 8.42 Å². The minimum Gasteiger partial charge on any atom is -0.313 e. The Balaban J connectivity index is 1.82. The van der Waals surface area contributed by atoms with E-state index in [1.807, 2.05) is 0 Å². The van der Waals surface area contributed by atoms with Crippen LogP contribution in [0.4, 0.5) is 0 Å². The predicted octanol–water partition coefficient (Wildman–Crippen LogP) is 2.90. The van der Waals surface area contributed by atoms with Crippen LogP contribution in [0.15, 0.2) is 0 Å². The second-order valence-electron chi connectivity index (χ2n) is 7.07. The SMILES string of the molecule is CC1(CNC2CCCC(S(C)(=O)=O)C2)CCCCC1. The molecule has 0 aromatic carbocycles. The Kier molecular flexibility index (Phi) is 4.93. The highest BCUT2D eigenvalue weighted by atomic mass is 32.2. The first-order chi connectivity index (χ1) is 8.89. The third kappa shape index (κ3) is 4.45. The highest BCUT2D eigenvalue weighted by molar-refractivity contribution is 7.91. The van der Waals surface area contributed by atoms with Crippen molar-refractivity contribution in [2.45, 2.75) is 76.0 Å². The lowest BCUT2D eigenvalue weighted by Gasteiger charge is -2.37. The summed E-state index contributed by atoms with van der Waals surface area (Å²) in [6.45, 7) is 3.45. The maximum Gasteiger partial charge on any atom is 0.150 e. The Morgan fingerprint density at radius 2 is 1.79 bits per heavy atom. The zero-order chi connectivity index (χ0) is 13.9. The van der Waals surface area contributed by atoms with Gasteiger partial charge in [0.25, 0.3) is 0 Å². The third-order valence-electron chi connectivity index (χ3n) is 5.11. The molecule has 2 saturated carbocycles. The van der Waals surface area contributed by atoms with Gasteiger partial charge in [-0.15, -0.1) is 0 Å². The van der Waals surface area contributed by atoms with Gasteiger partial charge in [-0.1, -0.05) is 32.6 Å². The predicted molar refractivity (Wildman–Crippen MR) is 80.1 cm³/mol. The van der Waals surface area contributed by atoms with Crippen molar-refractivity contribution in [3.8, 4) is 0 Å². The molecule has 0 bridgehead atoms. The quantitative estimate of drug-likeness (QED) is 0.865. The van der Waals surface area contributed by atoms with Crippen LogP contribution < -0.4 is 5.32 Å². The second kappa shape index (κ2) is 6.13. The summed E-state index contributed by atoms with van der Waals surface area (Å²) in [4.78, 5) is 0. The van der Waals surface area contributed by atoms with E-state index in [2.05, 4.69) is 12.2 Å². The first-order valence-electron chi connectivity index (χ1n) is 7.81. The van der Waals surface area contributed by atoms with Crippen molar-refractivity contribution in [2.75, 3.05) is 12.8 Å². The Bertz CT molecular complexity index is 385. The molecule has 0 heterocycles. The molecule has 0 aromatic heterocycles. The van der Waals surface area contributed by atoms with E-state index in [4.69, 9.17) is 0 Å². The van der Waals surface area contributed by atoms with Gasteiger partial charge in [-0.05, 0) is 37.5 Å². The number of hydrogen-bond acceptors (Lipinski definition) is 3. The molecule has 4 heteroatoms. The molecule has 0 aliphatic heterocycles. The summed E-state index contributed by atoms with van der Waals surface area (Å²) in [5.74, 6) is 0. The van der Waals surface area contributed by atoms with Crippen LogP contribution in [0.2, 0.25) is 0 Å². The number of rotatable bonds is 4. The monoisotopic (exact) mass is 287 g/mol. The summed E-state index contributed by atoms with van der Waals surface area (Å²) < 4.78 is 23.3. The van der Waals surface area contributed by atoms with Gasteiger partial charge in [0.2, 0.25) is 0 Å². The van der Waals surface area contributed by atoms with E-state index in [1.165, 1.54) is 38.4 Å². The normalized spacial score (nSPS) is 32.1. The summed E-state index contributed by atoms with van der Waals surface area (Å²) in [6.07, 6.45) is 12.0. The smallest absolute Gasteiger partial charge is 0.150 e. The van der Waals surface area contributed by atoms with Gasteiger partial charge >= 0.3 is 0 Å². The van der Waals surface area contributed by atoms with Gasteiger partial charge in [0, 0.05) is 18.8 Å². The second-order valence-corrected chi connectivity index (χ2v) is 9.39. The van der Waals surface area contributed by atoms with Crippen LogP contribution in [0.1, 0.15) is 64.7 Å². The fraction of sp³-hybridized carbons (Fsp3) is 1.00. The van der Waals surface area contributed by atoms with E-state index < -0.39 is 9.84 Å². The van der Waals surface area contributed by atoms with Crippen molar-refractivity contribution in [1.29, 1.82) is 0 Å². The standard InChI is InChI=1S/C15H29NO2S/c1-15(9-4-3-5-10-15)12-16-13-7-6-8-14(11-13)19(2,17)18/h13-14,16H,3-12H2,1-2H3. The lowest BCUT2D eigenvalue weighted by Crippen LogP contribution is -2.43. The average molecular weight is 287 g/mol. The molecule has 0 radical (unpaired) electrons. The van der Waals surface area contributed by atoms with Crippen molar-refractivity contribution >= 4 is 9.84 Å². The third-order valence-corrected chi connectivity index (χ3v) is 6.75. The maximum absolute atomic E-state index is 11.7. The van der Waals surface area contributed by atoms with Gasteiger partial charge in [-0.3, -0.25) is 0 Å². The highest BCUT2D eigenvalue weighted by Gasteiger charge is 2.31. The minimum atomic E-state index is -2.86. The molecule has 19 heavy (non-hydrogen) atoms. The molecule has 2 aliphatic rings. The fourth-order valence-electron chi connectivity index (χ4n) is 3.69. The zero-order valence-corrected chi connectivity index (χ0v) is 13.3. The maximum atomic E-state index is 11.7. The van der Waals surface area contributed by atoms with Crippen LogP contribution in [-0.2, 0) is 9.84 Å². The van der Waals surface area contributed by atoms with Crippen LogP contribution in [0, 0.1) is 5.41 Å². The molecule has 2 unspecified atom stereocenters. The van der Waals surface area contributed by atoms with Gasteiger partial charge in [0.15, 0.2) is 0 Å². The van der Waals surface area contributed by atoms with Crippen LogP contribution >= 0.6 is 0 Å². The molecule has 3 nitrogen and oxygen atoms in total. The number of nitrogens with one attached hydrogen (secondary N) is 1. The van der Waals surface area contributed by atoms with Gasteiger partial charge in [-0.2, -0.15) is 0 Å². The number of hydrogen-bond donors (Lipinski definition) is 1. The molecule has 0 saturated heterocycles. The fourth-order valence-corrected chi connectivity index (χ4v) is 4.87. The molecule has 2 atom stereocenters. The van der Waals surface area contributed by atoms with E-state index in [1.54, 1.807) is 0 Å². The van der Waals surface area contributed by atoms with E-state index in [0.717, 1.165) is 32.2 Å². The molecule has 112 valence electrons. The molecule has 0 spiro atoms. The molecular weight excluding hydrogens is 258 g/mol. The summed E-state index contributed by atoms with van der Waals surface area (Å²) in [7, 11) is -2.86. The van der Waals surface area contributed by atoms with Gasteiger partial charge < -0.3 is 5.32 Å². The first-order valence-corrected chi connectivity index (χ1v) is 9.77. The van der Waals surface area contributed by atoms with Crippen molar-refractivity contribution in [3.63, 3.8) is 0 Å². The molecular formula is C15H29NO2S. The Morgan fingerprint density at radius 3 is 2.42 bits per heavy atom. The average Bonchev–Trinajstić information content (AvgIpc) is 2.37. The van der Waals surface area contributed by atoms with Crippen LogP contribution in [0.3, 0.4) is 0 Å². The lowest BCUT2D eigenvalue weighted by molar-refractivity contribution is 0.193. The van der Waals surface area contributed by atoms with E-state index in [0.29, 0.717) is 11.5 Å². The van der Waals surface area contributed by atoms with E-state index in [9.17, 15) is 8.42 Å². The summed E-state index contributed by atoms with van der Waals surface area (Å²) in [5.41, 5.74) is 0.441. The van der Waals surface area contributed by atoms with Crippen molar-refractivity contribution in [3.05, 3.63) is 0 Å². The highest BCUT2D eigenvalue weighted by Crippen LogP contribution is 2.35. The van der Waals surface area contributed by atoms with E-state index >= 15 is 0 Å². The van der Waals surface area contributed by atoms with Gasteiger partial charge in [-0.25, -0.2) is 8.42 Å². The van der Waals surface area contributed by atoms with Gasteiger partial charge in [0.1, 0.15) is 9.84 Å². The number of sulfone groups is 1.